The maximum atomic E-state index is 12.0. The zero-order valence-corrected chi connectivity index (χ0v) is 12.0. The number of nitrogens with one attached hydrogen (secondary N) is 1. The van der Waals surface area contributed by atoms with E-state index in [4.69, 9.17) is 10.5 Å². The summed E-state index contributed by atoms with van der Waals surface area (Å²) in [5.41, 5.74) is 7.05. The van der Waals surface area contributed by atoms with E-state index in [0.717, 1.165) is 18.4 Å². The number of carbonyl (C=O) groups is 1. The maximum absolute atomic E-state index is 12.0. The fraction of sp³-hybridized carbons (Fsp3) is 0.562. The second-order valence-electron chi connectivity index (χ2n) is 5.52. The van der Waals surface area contributed by atoms with Crippen molar-refractivity contribution in [2.45, 2.75) is 57.4 Å². The molecule has 0 bridgehead atoms. The number of carbonyl (C=O) groups excluding carboxylic acids is 1. The van der Waals surface area contributed by atoms with E-state index < -0.39 is 6.04 Å². The fourth-order valence-corrected chi connectivity index (χ4v) is 2.49. The number of hydrogen-bond acceptors (Lipinski definition) is 3. The summed E-state index contributed by atoms with van der Waals surface area (Å²) in [7, 11) is 0. The molecule has 0 aromatic heterocycles. The first-order valence-electron chi connectivity index (χ1n) is 7.38. The van der Waals surface area contributed by atoms with E-state index in [9.17, 15) is 4.79 Å². The molecule has 2 atom stereocenters. The van der Waals surface area contributed by atoms with Crippen molar-refractivity contribution >= 4 is 5.91 Å². The highest BCUT2D eigenvalue weighted by Crippen LogP contribution is 2.17. The molecule has 4 heteroatoms. The van der Waals surface area contributed by atoms with Gasteiger partial charge in [0.15, 0.2) is 0 Å². The van der Waals surface area contributed by atoms with E-state index in [1.807, 2.05) is 37.3 Å². The van der Waals surface area contributed by atoms with Gasteiger partial charge in [-0.15, -0.1) is 0 Å². The maximum Gasteiger partial charge on any atom is 0.239 e. The van der Waals surface area contributed by atoms with Crippen molar-refractivity contribution in [3.05, 3.63) is 35.9 Å². The summed E-state index contributed by atoms with van der Waals surface area (Å²) in [6.45, 7) is 2.33. The molecule has 2 rings (SSSR count). The first-order chi connectivity index (χ1) is 9.66. The molecule has 110 valence electrons. The summed E-state index contributed by atoms with van der Waals surface area (Å²) in [6, 6.07) is 9.59. The van der Waals surface area contributed by atoms with Crippen LogP contribution in [0.1, 0.15) is 38.2 Å². The highest BCUT2D eigenvalue weighted by molar-refractivity contribution is 5.82. The Morgan fingerprint density at radius 2 is 2.00 bits per heavy atom. The van der Waals surface area contributed by atoms with Crippen molar-refractivity contribution in [1.82, 2.24) is 5.32 Å². The van der Waals surface area contributed by atoms with Crippen molar-refractivity contribution in [2.24, 2.45) is 5.73 Å². The predicted octanol–water partition coefficient (Wildman–Crippen LogP) is 1.98. The van der Waals surface area contributed by atoms with Gasteiger partial charge in [0.1, 0.15) is 6.04 Å². The van der Waals surface area contributed by atoms with Gasteiger partial charge < -0.3 is 15.8 Å². The number of nitrogens with two attached hydrogens (primary N) is 1. The molecule has 0 spiro atoms. The molecule has 0 radical (unpaired) electrons. The zero-order chi connectivity index (χ0) is 14.4. The number of benzene rings is 1. The third-order valence-electron chi connectivity index (χ3n) is 3.87. The van der Waals surface area contributed by atoms with Crippen LogP contribution in [0.4, 0.5) is 0 Å². The molecule has 1 aliphatic rings. The zero-order valence-electron chi connectivity index (χ0n) is 12.0. The molecule has 1 fully saturated rings. The minimum Gasteiger partial charge on any atom is -0.372 e. The van der Waals surface area contributed by atoms with Crippen LogP contribution < -0.4 is 11.1 Å². The normalized spacial score (nSPS) is 18.7. The Kier molecular flexibility index (Phi) is 5.56. The highest BCUT2D eigenvalue weighted by atomic mass is 16.5. The highest BCUT2D eigenvalue weighted by Gasteiger charge is 2.25. The summed E-state index contributed by atoms with van der Waals surface area (Å²) >= 11 is 0. The topological polar surface area (TPSA) is 64.3 Å². The van der Waals surface area contributed by atoms with Crippen LogP contribution in [0.25, 0.3) is 0 Å². The molecule has 1 aromatic rings. The Hall–Kier alpha value is -1.39. The molecule has 1 saturated carbocycles. The van der Waals surface area contributed by atoms with Gasteiger partial charge in [0.25, 0.3) is 0 Å². The van der Waals surface area contributed by atoms with Crippen LogP contribution in [0.5, 0.6) is 0 Å². The van der Waals surface area contributed by atoms with Crippen molar-refractivity contribution < 1.29 is 9.53 Å². The third kappa shape index (κ3) is 4.32. The molecule has 4 nitrogen and oxygen atoms in total. The molecule has 0 aliphatic heterocycles. The molecule has 0 saturated heterocycles. The average Bonchev–Trinajstić information content (AvgIpc) is 2.98. The lowest BCUT2D eigenvalue weighted by Crippen LogP contribution is -2.50. The lowest BCUT2D eigenvalue weighted by Gasteiger charge is -2.22. The Morgan fingerprint density at radius 1 is 1.35 bits per heavy atom. The van der Waals surface area contributed by atoms with Crippen molar-refractivity contribution in [3.63, 3.8) is 0 Å². The number of hydrogen-bond donors (Lipinski definition) is 2. The first-order valence-corrected chi connectivity index (χ1v) is 7.38. The van der Waals surface area contributed by atoms with Gasteiger partial charge in [-0.3, -0.25) is 4.79 Å². The van der Waals surface area contributed by atoms with E-state index >= 15 is 0 Å². The Morgan fingerprint density at radius 3 is 2.65 bits per heavy atom. The van der Waals surface area contributed by atoms with Crippen LogP contribution in [-0.2, 0) is 16.1 Å². The van der Waals surface area contributed by atoms with E-state index in [-0.39, 0.29) is 12.0 Å². The van der Waals surface area contributed by atoms with E-state index in [2.05, 4.69) is 5.32 Å². The quantitative estimate of drug-likeness (QED) is 0.835. The minimum absolute atomic E-state index is 0.0996. The number of ether oxygens (including phenoxy) is 1. The van der Waals surface area contributed by atoms with Crippen molar-refractivity contribution in [3.8, 4) is 0 Å². The first kappa shape index (κ1) is 15.0. The van der Waals surface area contributed by atoms with E-state index in [1.165, 1.54) is 12.8 Å². The number of amides is 1. The van der Waals surface area contributed by atoms with Gasteiger partial charge in [-0.25, -0.2) is 0 Å². The fourth-order valence-electron chi connectivity index (χ4n) is 2.49. The van der Waals surface area contributed by atoms with Crippen molar-refractivity contribution in [1.29, 1.82) is 0 Å². The summed E-state index contributed by atoms with van der Waals surface area (Å²) in [5.74, 6) is -0.0996. The van der Waals surface area contributed by atoms with Crippen LogP contribution in [0.15, 0.2) is 30.3 Å². The Labute approximate surface area is 120 Å². The second kappa shape index (κ2) is 7.41. The van der Waals surface area contributed by atoms with Crippen LogP contribution in [-0.4, -0.2) is 24.1 Å². The van der Waals surface area contributed by atoms with E-state index in [1.54, 1.807) is 0 Å². The van der Waals surface area contributed by atoms with Gasteiger partial charge in [-0.1, -0.05) is 43.2 Å². The minimum atomic E-state index is -0.612. The molecular formula is C16H24N2O2. The summed E-state index contributed by atoms with van der Waals surface area (Å²) in [5, 5.41) is 3.01. The average molecular weight is 276 g/mol. The second-order valence-corrected chi connectivity index (χ2v) is 5.52. The van der Waals surface area contributed by atoms with Gasteiger partial charge in [0.2, 0.25) is 5.91 Å². The summed E-state index contributed by atoms with van der Waals surface area (Å²) in [4.78, 5) is 12.0. The third-order valence-corrected chi connectivity index (χ3v) is 3.87. The summed E-state index contributed by atoms with van der Waals surface area (Å²) in [6.07, 6.45) is 4.23. The lowest BCUT2D eigenvalue weighted by molar-refractivity contribution is -0.126. The van der Waals surface area contributed by atoms with Crippen LogP contribution in [0, 0.1) is 0 Å². The monoisotopic (exact) mass is 276 g/mol. The molecule has 3 N–H and O–H groups in total. The summed E-state index contributed by atoms with van der Waals surface area (Å²) < 4.78 is 5.69. The molecule has 1 aliphatic carbocycles. The molecule has 0 heterocycles. The van der Waals surface area contributed by atoms with Crippen LogP contribution in [0.3, 0.4) is 0 Å². The SMILES string of the molecule is C[C@@H](OCc1ccccc1)[C@H](N)C(=O)NC1CCCC1. The van der Waals surface area contributed by atoms with Gasteiger partial charge in [0, 0.05) is 6.04 Å². The molecule has 1 amide bonds. The van der Waals surface area contributed by atoms with Gasteiger partial charge in [-0.2, -0.15) is 0 Å². The molecule has 0 unspecified atom stereocenters. The van der Waals surface area contributed by atoms with Gasteiger partial charge in [-0.05, 0) is 25.3 Å². The molecule has 20 heavy (non-hydrogen) atoms. The predicted molar refractivity (Wildman–Crippen MR) is 79.1 cm³/mol. The standard InChI is InChI=1S/C16H24N2O2/c1-12(20-11-13-7-3-2-4-8-13)15(17)16(19)18-14-9-5-6-10-14/h2-4,7-8,12,14-15H,5-6,9-11,17H2,1H3,(H,18,19)/t12-,15+/m1/s1. The molecular weight excluding hydrogens is 252 g/mol. The van der Waals surface area contributed by atoms with Crippen LogP contribution >= 0.6 is 0 Å². The van der Waals surface area contributed by atoms with E-state index in [0.29, 0.717) is 12.6 Å². The molecule has 1 aromatic carbocycles. The lowest BCUT2D eigenvalue weighted by atomic mass is 10.1. The largest absolute Gasteiger partial charge is 0.372 e. The van der Waals surface area contributed by atoms with Gasteiger partial charge in [0.05, 0.1) is 12.7 Å². The smallest absolute Gasteiger partial charge is 0.239 e. The number of rotatable bonds is 6. The van der Waals surface area contributed by atoms with Crippen LogP contribution in [0.2, 0.25) is 0 Å². The Balaban J connectivity index is 1.75. The van der Waals surface area contributed by atoms with Gasteiger partial charge >= 0.3 is 0 Å². The Bertz CT molecular complexity index is 416. The van der Waals surface area contributed by atoms with Crippen molar-refractivity contribution in [2.75, 3.05) is 0 Å².